The summed E-state index contributed by atoms with van der Waals surface area (Å²) in [5.74, 6) is 0.752. The number of rotatable bonds is 4. The molecule has 0 N–H and O–H groups in total. The van der Waals surface area contributed by atoms with Crippen molar-refractivity contribution in [2.75, 3.05) is 0 Å². The van der Waals surface area contributed by atoms with Crippen LogP contribution < -0.4 is 0 Å². The molecule has 0 unspecified atom stereocenters. The van der Waals surface area contributed by atoms with E-state index < -0.39 is 0 Å². The van der Waals surface area contributed by atoms with Gasteiger partial charge in [-0.3, -0.25) is 0 Å². The van der Waals surface area contributed by atoms with Gasteiger partial charge in [-0.1, -0.05) is 119 Å². The van der Waals surface area contributed by atoms with Crippen molar-refractivity contribution in [3.63, 3.8) is 0 Å². The van der Waals surface area contributed by atoms with Crippen LogP contribution in [0.4, 0.5) is 11.4 Å². The van der Waals surface area contributed by atoms with E-state index in [1.54, 1.807) is 0 Å². The number of benzene rings is 5. The van der Waals surface area contributed by atoms with Gasteiger partial charge in [0.2, 0.25) is 0 Å². The van der Waals surface area contributed by atoms with Gasteiger partial charge in [0.15, 0.2) is 0 Å². The average molecular weight is 525 g/mol. The molecular formula is C34H30N2Ni. The van der Waals surface area contributed by atoms with E-state index in [4.69, 9.17) is 9.98 Å². The van der Waals surface area contributed by atoms with Crippen LogP contribution in [-0.2, 0) is 16.5 Å². The molecular weight excluding hydrogens is 495 g/mol. The molecule has 1 aliphatic carbocycles. The van der Waals surface area contributed by atoms with Crippen LogP contribution in [-0.4, -0.2) is 11.4 Å². The Bertz CT molecular complexity index is 1650. The number of hydrogen-bond donors (Lipinski definition) is 0. The van der Waals surface area contributed by atoms with Gasteiger partial charge in [-0.05, 0) is 39.8 Å². The molecule has 0 amide bonds. The molecule has 3 heteroatoms. The Morgan fingerprint density at radius 3 is 1.68 bits per heavy atom. The fourth-order valence-corrected chi connectivity index (χ4v) is 5.40. The minimum Gasteiger partial charge on any atom is -0.245 e. The number of nitrogens with zero attached hydrogens (tertiary/aromatic N) is 2. The summed E-state index contributed by atoms with van der Waals surface area (Å²) in [4.78, 5) is 10.8. The van der Waals surface area contributed by atoms with Gasteiger partial charge in [-0.25, -0.2) is 9.98 Å². The first-order valence-corrected chi connectivity index (χ1v) is 12.8. The molecule has 2 nitrogen and oxygen atoms in total. The van der Waals surface area contributed by atoms with Crippen LogP contribution in [0.3, 0.4) is 0 Å². The molecule has 0 heterocycles. The number of fused-ring (bicyclic) bond motifs is 1. The summed E-state index contributed by atoms with van der Waals surface area (Å²) in [6, 6.07) is 34.4. The first kappa shape index (κ1) is 25.1. The quantitative estimate of drug-likeness (QED) is 0.209. The molecule has 0 radical (unpaired) electrons. The Kier molecular flexibility index (Phi) is 6.84. The molecule has 0 aliphatic heterocycles. The summed E-state index contributed by atoms with van der Waals surface area (Å²) < 4.78 is 0. The van der Waals surface area contributed by atoms with E-state index in [0.717, 1.165) is 39.3 Å². The van der Waals surface area contributed by atoms with E-state index in [1.807, 2.05) is 0 Å². The van der Waals surface area contributed by atoms with Crippen LogP contribution in [0.1, 0.15) is 61.8 Å². The molecule has 0 aromatic heterocycles. The Morgan fingerprint density at radius 2 is 1.03 bits per heavy atom. The Balaban J connectivity index is 0.00000280. The van der Waals surface area contributed by atoms with Gasteiger partial charge in [-0.2, -0.15) is 0 Å². The van der Waals surface area contributed by atoms with E-state index in [9.17, 15) is 0 Å². The predicted octanol–water partition coefficient (Wildman–Crippen LogP) is 9.49. The summed E-state index contributed by atoms with van der Waals surface area (Å²) in [6.07, 6.45) is 0. The summed E-state index contributed by atoms with van der Waals surface area (Å²) >= 11 is 0. The van der Waals surface area contributed by atoms with Crippen molar-refractivity contribution in [2.45, 2.75) is 39.5 Å². The van der Waals surface area contributed by atoms with Crippen LogP contribution in [0.15, 0.2) is 107 Å². The summed E-state index contributed by atoms with van der Waals surface area (Å²) in [6.45, 7) is 8.99. The maximum Gasteiger partial charge on any atom is 0.0979 e. The van der Waals surface area contributed by atoms with Crippen LogP contribution in [0.25, 0.3) is 21.5 Å². The molecule has 0 saturated carbocycles. The van der Waals surface area contributed by atoms with Gasteiger partial charge in [0, 0.05) is 38.4 Å². The van der Waals surface area contributed by atoms with Crippen molar-refractivity contribution in [1.82, 2.24) is 0 Å². The van der Waals surface area contributed by atoms with E-state index >= 15 is 0 Å². The monoisotopic (exact) mass is 524 g/mol. The van der Waals surface area contributed by atoms with Crippen molar-refractivity contribution in [3.8, 4) is 0 Å². The topological polar surface area (TPSA) is 24.7 Å². The molecule has 37 heavy (non-hydrogen) atoms. The molecule has 0 bridgehead atoms. The van der Waals surface area contributed by atoms with Gasteiger partial charge in [0.25, 0.3) is 0 Å². The molecule has 0 fully saturated rings. The molecule has 0 saturated heterocycles. The number of hydrogen-bond acceptors (Lipinski definition) is 2. The summed E-state index contributed by atoms with van der Waals surface area (Å²) in [5.41, 5.74) is 8.85. The SMILES string of the molecule is CC(C)c1cccc(C(C)C)c1N=C1C(=Nc2cccc3ccccc23)c2cccc3cccc1c23.[Ni]. The van der Waals surface area contributed by atoms with Crippen LogP contribution >= 0.6 is 0 Å². The molecule has 0 atom stereocenters. The van der Waals surface area contributed by atoms with Gasteiger partial charge < -0.3 is 0 Å². The number of para-hydroxylation sites is 1. The van der Waals surface area contributed by atoms with Crippen molar-refractivity contribution in [2.24, 2.45) is 9.98 Å². The van der Waals surface area contributed by atoms with Crippen LogP contribution in [0, 0.1) is 0 Å². The molecule has 5 aromatic carbocycles. The minimum absolute atomic E-state index is 0. The van der Waals surface area contributed by atoms with Crippen molar-refractivity contribution < 1.29 is 16.5 Å². The zero-order valence-corrected chi connectivity index (χ0v) is 22.6. The smallest absolute Gasteiger partial charge is 0.0979 e. The van der Waals surface area contributed by atoms with Crippen molar-refractivity contribution in [3.05, 3.63) is 119 Å². The Labute approximate surface area is 229 Å². The summed E-state index contributed by atoms with van der Waals surface area (Å²) in [7, 11) is 0. The molecule has 6 rings (SSSR count). The summed E-state index contributed by atoms with van der Waals surface area (Å²) in [5, 5.41) is 4.81. The predicted molar refractivity (Wildman–Crippen MR) is 155 cm³/mol. The first-order chi connectivity index (χ1) is 17.5. The van der Waals surface area contributed by atoms with E-state index in [0.29, 0.717) is 11.8 Å². The normalized spacial score (nSPS) is 14.9. The minimum atomic E-state index is 0. The average Bonchev–Trinajstić information content (AvgIpc) is 3.18. The molecule has 186 valence electrons. The second-order valence-corrected chi connectivity index (χ2v) is 10.2. The maximum atomic E-state index is 5.48. The molecule has 5 aromatic rings. The molecule has 1 aliphatic rings. The van der Waals surface area contributed by atoms with Gasteiger partial charge in [0.05, 0.1) is 22.8 Å². The van der Waals surface area contributed by atoms with Crippen LogP contribution in [0.5, 0.6) is 0 Å². The Hall–Kier alpha value is -3.55. The standard InChI is InChI=1S/C34H30N2.Ni/c1-21(2)25-16-10-17-26(22(3)4)32(25)36-34-29-19-8-14-24-13-7-18-28(31(24)29)33(34)35-30-20-9-12-23-11-5-6-15-27(23)30;/h5-22H,1-4H3;. The van der Waals surface area contributed by atoms with Gasteiger partial charge in [0.1, 0.15) is 0 Å². The van der Waals surface area contributed by atoms with Gasteiger partial charge in [-0.15, -0.1) is 0 Å². The first-order valence-electron chi connectivity index (χ1n) is 12.8. The zero-order chi connectivity index (χ0) is 24.8. The van der Waals surface area contributed by atoms with Crippen molar-refractivity contribution >= 4 is 44.3 Å². The second kappa shape index (κ2) is 10.1. The largest absolute Gasteiger partial charge is 0.245 e. The maximum absolute atomic E-state index is 5.48. The fourth-order valence-electron chi connectivity index (χ4n) is 5.40. The van der Waals surface area contributed by atoms with E-state index in [-0.39, 0.29) is 16.5 Å². The van der Waals surface area contributed by atoms with Gasteiger partial charge >= 0.3 is 0 Å². The Morgan fingerprint density at radius 1 is 0.514 bits per heavy atom. The molecule has 0 spiro atoms. The fraction of sp³-hybridized carbons (Fsp3) is 0.176. The number of aliphatic imine (C=N–C) groups is 2. The third kappa shape index (κ3) is 4.32. The van der Waals surface area contributed by atoms with Crippen molar-refractivity contribution in [1.29, 1.82) is 0 Å². The third-order valence-corrected chi connectivity index (χ3v) is 7.20. The van der Waals surface area contributed by atoms with E-state index in [2.05, 4.69) is 125 Å². The third-order valence-electron chi connectivity index (χ3n) is 7.20. The van der Waals surface area contributed by atoms with Crippen LogP contribution in [0.2, 0.25) is 0 Å². The zero-order valence-electron chi connectivity index (χ0n) is 21.6. The second-order valence-electron chi connectivity index (χ2n) is 10.2. The van der Waals surface area contributed by atoms with E-state index in [1.165, 1.54) is 27.3 Å².